The predicted molar refractivity (Wildman–Crippen MR) is 138 cm³/mol. The number of aliphatic hydroxyl groups is 1. The molecule has 1 fully saturated rings. The Hall–Kier alpha value is -3.07. The molecule has 6 N–H and O–H groups in total. The van der Waals surface area contributed by atoms with Crippen LogP contribution in [0, 0.1) is 0 Å². The second-order valence-corrected chi connectivity index (χ2v) is 11.2. The average Bonchev–Trinajstić information content (AvgIpc) is 3.36. The number of hydrogen-bond donors (Lipinski definition) is 4. The molecule has 4 rings (SSSR count). The first kappa shape index (κ1) is 28.9. The van der Waals surface area contributed by atoms with Gasteiger partial charge in [0.25, 0.3) is 5.13 Å². The normalized spacial score (nSPS) is 25.5. The third kappa shape index (κ3) is 6.24. The summed E-state index contributed by atoms with van der Waals surface area (Å²) in [4.78, 5) is 24.2. The second-order valence-electron chi connectivity index (χ2n) is 8.97. The highest BCUT2D eigenvalue weighted by molar-refractivity contribution is 7.52. The van der Waals surface area contributed by atoms with Gasteiger partial charge in [0.05, 0.1) is 19.0 Å². The molecule has 6 atom stereocenters. The molecule has 212 valence electrons. The van der Waals surface area contributed by atoms with Crippen LogP contribution < -0.4 is 21.1 Å². The number of nitrogen functional groups attached to an aromatic ring is 2. The maximum absolute atomic E-state index is 15.6. The number of ether oxygens (including phenoxy) is 2. The standard InChI is InChI=1S/C22H28ClFN7O7P/c1-11(2)36-19(33)12(3)30-39(34,38-13-7-5-4-6-8-13)35-9-14-16(32)22(23,24)20(37-14)31-10-27-15-17(25)28-21(26)29-18(15)31/h4-8,10-12,14,16,20,32H,9H2,1-3H3,(H,30,34)(H4,25,26,28,29)/t12-,14+,16+,20+,22+,39+/m0/s1. The Labute approximate surface area is 227 Å². The quantitative estimate of drug-likeness (QED) is 0.153. The van der Waals surface area contributed by atoms with Crippen LogP contribution in [-0.4, -0.2) is 66.7 Å². The van der Waals surface area contributed by atoms with E-state index in [1.807, 2.05) is 0 Å². The van der Waals surface area contributed by atoms with E-state index in [1.165, 1.54) is 19.1 Å². The van der Waals surface area contributed by atoms with Gasteiger partial charge in [-0.25, -0.2) is 13.9 Å². The number of hydrogen-bond acceptors (Lipinski definition) is 12. The van der Waals surface area contributed by atoms with Crippen molar-refractivity contribution in [1.82, 2.24) is 24.6 Å². The molecule has 1 aliphatic heterocycles. The molecule has 0 bridgehead atoms. The van der Waals surface area contributed by atoms with Crippen molar-refractivity contribution in [2.75, 3.05) is 18.1 Å². The fourth-order valence-electron chi connectivity index (χ4n) is 3.74. The molecule has 0 aliphatic carbocycles. The summed E-state index contributed by atoms with van der Waals surface area (Å²) in [7, 11) is -4.33. The third-order valence-corrected chi connectivity index (χ3v) is 7.59. The lowest BCUT2D eigenvalue weighted by Crippen LogP contribution is -2.40. The van der Waals surface area contributed by atoms with Gasteiger partial charge in [-0.05, 0) is 32.9 Å². The summed E-state index contributed by atoms with van der Waals surface area (Å²) in [6, 6.07) is 6.89. The molecule has 1 saturated heterocycles. The zero-order valence-electron chi connectivity index (χ0n) is 21.1. The number of imidazole rings is 1. The molecular weight excluding hydrogens is 560 g/mol. The SMILES string of the molecule is CC(C)OC(=O)[C@H](C)N[P@@](=O)(OC[C@H]1O[C@@H](n2cnc3c(N)nc(N)nc32)[C@@](F)(Cl)[C@@H]1O)Oc1ccccc1. The van der Waals surface area contributed by atoms with E-state index in [4.69, 9.17) is 41.6 Å². The number of aliphatic hydroxyl groups excluding tert-OH is 1. The highest BCUT2D eigenvalue weighted by Gasteiger charge is 2.58. The number of carbonyl (C=O) groups is 1. The Morgan fingerprint density at radius 2 is 2.00 bits per heavy atom. The number of alkyl halides is 2. The Balaban J connectivity index is 1.55. The first-order valence-electron chi connectivity index (χ1n) is 11.7. The zero-order valence-corrected chi connectivity index (χ0v) is 22.8. The first-order valence-corrected chi connectivity index (χ1v) is 13.7. The Morgan fingerprint density at radius 3 is 2.67 bits per heavy atom. The first-order chi connectivity index (χ1) is 18.3. The van der Waals surface area contributed by atoms with Crippen LogP contribution in [0.2, 0.25) is 0 Å². The van der Waals surface area contributed by atoms with Crippen LogP contribution in [0.4, 0.5) is 16.2 Å². The summed E-state index contributed by atoms with van der Waals surface area (Å²) in [6.45, 7) is 4.06. The van der Waals surface area contributed by atoms with Crippen LogP contribution in [0.3, 0.4) is 0 Å². The lowest BCUT2D eigenvalue weighted by Gasteiger charge is -2.25. The van der Waals surface area contributed by atoms with Crippen molar-refractivity contribution in [2.24, 2.45) is 0 Å². The number of rotatable bonds is 10. The van der Waals surface area contributed by atoms with Crippen molar-refractivity contribution in [2.45, 2.75) is 56.5 Å². The Morgan fingerprint density at radius 1 is 1.31 bits per heavy atom. The molecule has 0 saturated carbocycles. The summed E-state index contributed by atoms with van der Waals surface area (Å²) in [5.41, 5.74) is 11.6. The van der Waals surface area contributed by atoms with Crippen molar-refractivity contribution in [3.63, 3.8) is 0 Å². The number of fused-ring (bicyclic) bond motifs is 1. The number of benzene rings is 1. The minimum Gasteiger partial charge on any atom is -0.462 e. The van der Waals surface area contributed by atoms with E-state index in [0.29, 0.717) is 0 Å². The Kier molecular flexibility index (Phi) is 8.30. The van der Waals surface area contributed by atoms with E-state index in [1.54, 1.807) is 32.0 Å². The van der Waals surface area contributed by atoms with Crippen molar-refractivity contribution in [3.8, 4) is 5.75 Å². The number of nitrogens with one attached hydrogen (secondary N) is 1. The topological polar surface area (TPSA) is 199 Å². The maximum Gasteiger partial charge on any atom is 0.459 e. The molecule has 0 radical (unpaired) electrons. The van der Waals surface area contributed by atoms with Gasteiger partial charge in [0.15, 0.2) is 17.7 Å². The monoisotopic (exact) mass is 587 g/mol. The second kappa shape index (κ2) is 11.2. The van der Waals surface area contributed by atoms with Gasteiger partial charge in [-0.15, -0.1) is 0 Å². The van der Waals surface area contributed by atoms with E-state index in [0.717, 1.165) is 10.9 Å². The molecule has 2 aromatic heterocycles. The van der Waals surface area contributed by atoms with E-state index in [2.05, 4.69) is 20.0 Å². The van der Waals surface area contributed by atoms with E-state index in [9.17, 15) is 14.5 Å². The molecule has 0 spiro atoms. The fourth-order valence-corrected chi connectivity index (χ4v) is 5.54. The van der Waals surface area contributed by atoms with Gasteiger partial charge in [-0.1, -0.05) is 29.8 Å². The molecule has 1 aliphatic rings. The van der Waals surface area contributed by atoms with Crippen LogP contribution in [-0.2, 0) is 23.4 Å². The number of halogens is 2. The van der Waals surface area contributed by atoms with E-state index in [-0.39, 0.29) is 28.7 Å². The molecule has 3 aromatic rings. The summed E-state index contributed by atoms with van der Waals surface area (Å²) >= 11 is 6.08. The zero-order chi connectivity index (χ0) is 28.5. The van der Waals surface area contributed by atoms with Crippen LogP contribution in [0.25, 0.3) is 11.2 Å². The molecule has 0 amide bonds. The number of nitrogens with zero attached hydrogens (tertiary/aromatic N) is 4. The lowest BCUT2D eigenvalue weighted by atomic mass is 10.1. The van der Waals surface area contributed by atoms with Gasteiger partial charge in [0, 0.05) is 0 Å². The Bertz CT molecular complexity index is 1380. The van der Waals surface area contributed by atoms with Crippen molar-refractivity contribution in [1.29, 1.82) is 0 Å². The van der Waals surface area contributed by atoms with Crippen LogP contribution in [0.1, 0.15) is 27.0 Å². The molecule has 39 heavy (non-hydrogen) atoms. The molecule has 14 nitrogen and oxygen atoms in total. The summed E-state index contributed by atoms with van der Waals surface area (Å²) in [6.07, 6.45) is -4.35. The lowest BCUT2D eigenvalue weighted by molar-refractivity contribution is -0.149. The number of para-hydroxylation sites is 1. The summed E-state index contributed by atoms with van der Waals surface area (Å²) in [5, 5.41) is 10.3. The van der Waals surface area contributed by atoms with Gasteiger partial charge in [-0.3, -0.25) is 13.9 Å². The average molecular weight is 588 g/mol. The van der Waals surface area contributed by atoms with Crippen LogP contribution in [0.15, 0.2) is 36.7 Å². The largest absolute Gasteiger partial charge is 0.462 e. The summed E-state index contributed by atoms with van der Waals surface area (Å²) < 4.78 is 52.3. The number of esters is 1. The molecule has 1 aromatic carbocycles. The molecule has 17 heteroatoms. The highest BCUT2D eigenvalue weighted by Crippen LogP contribution is 2.49. The highest BCUT2D eigenvalue weighted by atomic mass is 35.5. The maximum atomic E-state index is 15.6. The van der Waals surface area contributed by atoms with E-state index < -0.39 is 56.0 Å². The molecule has 3 heterocycles. The number of carbonyl (C=O) groups excluding carboxylic acids is 1. The van der Waals surface area contributed by atoms with Crippen molar-refractivity contribution < 1.29 is 37.4 Å². The minimum atomic E-state index is -4.33. The van der Waals surface area contributed by atoms with Crippen LogP contribution >= 0.6 is 19.3 Å². The van der Waals surface area contributed by atoms with Crippen molar-refractivity contribution >= 4 is 48.2 Å². The molecular formula is C22H28ClFN7O7P. The number of aromatic nitrogens is 4. The van der Waals surface area contributed by atoms with Gasteiger partial charge in [0.1, 0.15) is 29.5 Å². The minimum absolute atomic E-state index is 0.0127. The van der Waals surface area contributed by atoms with Crippen LogP contribution in [0.5, 0.6) is 5.75 Å². The smallest absolute Gasteiger partial charge is 0.459 e. The van der Waals surface area contributed by atoms with Gasteiger partial charge >= 0.3 is 13.7 Å². The van der Waals surface area contributed by atoms with E-state index >= 15 is 4.39 Å². The van der Waals surface area contributed by atoms with Gasteiger partial charge < -0.3 is 30.6 Å². The number of nitrogens with two attached hydrogens (primary N) is 2. The number of anilines is 2. The third-order valence-electron chi connectivity index (χ3n) is 5.53. The summed E-state index contributed by atoms with van der Waals surface area (Å²) in [5.74, 6) is -0.808. The van der Waals surface area contributed by atoms with Gasteiger partial charge in [0.2, 0.25) is 5.95 Å². The molecule has 0 unspecified atom stereocenters. The fraction of sp³-hybridized carbons (Fsp3) is 0.455. The van der Waals surface area contributed by atoms with Crippen molar-refractivity contribution in [3.05, 3.63) is 36.7 Å². The van der Waals surface area contributed by atoms with Gasteiger partial charge in [-0.2, -0.15) is 15.1 Å². The predicted octanol–water partition coefficient (Wildman–Crippen LogP) is 2.29.